The van der Waals surface area contributed by atoms with Gasteiger partial charge in [0.2, 0.25) is 0 Å². The molecule has 1 unspecified atom stereocenters. The minimum atomic E-state index is -0.433. The molecule has 2 rings (SSSR count). The number of carbonyl (C=O) groups is 2. The predicted molar refractivity (Wildman–Crippen MR) is 76.9 cm³/mol. The van der Waals surface area contributed by atoms with Crippen molar-refractivity contribution in [3.05, 3.63) is 35.4 Å². The number of rotatable bonds is 5. The van der Waals surface area contributed by atoms with Crippen molar-refractivity contribution in [3.8, 4) is 0 Å². The fraction of sp³-hybridized carbons (Fsp3) is 0.467. The maximum absolute atomic E-state index is 11.9. The van der Waals surface area contributed by atoms with E-state index in [4.69, 9.17) is 9.47 Å². The second kappa shape index (κ2) is 7.75. The zero-order valence-electron chi connectivity index (χ0n) is 12.1. The molecule has 0 aromatic heterocycles. The van der Waals surface area contributed by atoms with E-state index in [1.165, 1.54) is 0 Å². The summed E-state index contributed by atoms with van der Waals surface area (Å²) in [4.78, 5) is 23.4. The van der Waals surface area contributed by atoms with Gasteiger partial charge in [0.1, 0.15) is 6.10 Å². The molecule has 1 aliphatic heterocycles. The van der Waals surface area contributed by atoms with Crippen LogP contribution in [0.1, 0.15) is 22.8 Å². The summed E-state index contributed by atoms with van der Waals surface area (Å²) >= 11 is 0. The third-order valence-electron chi connectivity index (χ3n) is 3.15. The molecule has 1 atom stereocenters. The van der Waals surface area contributed by atoms with Gasteiger partial charge in [-0.15, -0.1) is 0 Å². The Morgan fingerprint density at radius 1 is 1.38 bits per heavy atom. The van der Waals surface area contributed by atoms with Gasteiger partial charge in [-0.1, -0.05) is 12.1 Å². The van der Waals surface area contributed by atoms with Crippen molar-refractivity contribution in [3.63, 3.8) is 0 Å². The lowest BCUT2D eigenvalue weighted by molar-refractivity contribution is -0.134. The van der Waals surface area contributed by atoms with Crippen molar-refractivity contribution >= 4 is 11.9 Å². The molecule has 0 aliphatic carbocycles. The maximum atomic E-state index is 11.9. The van der Waals surface area contributed by atoms with Gasteiger partial charge >= 0.3 is 5.97 Å². The molecule has 1 saturated heterocycles. The van der Waals surface area contributed by atoms with Gasteiger partial charge in [-0.2, -0.15) is 0 Å². The van der Waals surface area contributed by atoms with Gasteiger partial charge in [-0.3, -0.25) is 4.79 Å². The molecule has 1 fully saturated rings. The van der Waals surface area contributed by atoms with E-state index in [2.05, 4.69) is 10.6 Å². The topological polar surface area (TPSA) is 76.7 Å². The fourth-order valence-electron chi connectivity index (χ4n) is 2.01. The number of benzene rings is 1. The Morgan fingerprint density at radius 3 is 2.76 bits per heavy atom. The average Bonchev–Trinajstić information content (AvgIpc) is 2.54. The highest BCUT2D eigenvalue weighted by atomic mass is 16.5. The molecule has 6 nitrogen and oxygen atoms in total. The first-order valence-corrected chi connectivity index (χ1v) is 7.07. The van der Waals surface area contributed by atoms with E-state index < -0.39 is 6.10 Å². The largest absolute Gasteiger partial charge is 0.462 e. The average molecular weight is 292 g/mol. The van der Waals surface area contributed by atoms with Gasteiger partial charge in [-0.25, -0.2) is 4.79 Å². The minimum absolute atomic E-state index is 0.128. The smallest absolute Gasteiger partial charge is 0.338 e. The molecule has 0 saturated carbocycles. The van der Waals surface area contributed by atoms with Crippen molar-refractivity contribution in [2.75, 3.05) is 26.3 Å². The van der Waals surface area contributed by atoms with E-state index in [0.717, 1.165) is 12.1 Å². The summed E-state index contributed by atoms with van der Waals surface area (Å²) in [6, 6.07) is 6.98. The number of amides is 1. The van der Waals surface area contributed by atoms with Crippen LogP contribution < -0.4 is 10.6 Å². The van der Waals surface area contributed by atoms with Gasteiger partial charge in [0.05, 0.1) is 18.8 Å². The van der Waals surface area contributed by atoms with Crippen LogP contribution in [0.2, 0.25) is 0 Å². The molecule has 1 aliphatic rings. The Bertz CT molecular complexity index is 481. The van der Waals surface area contributed by atoms with E-state index in [1.807, 2.05) is 0 Å². The van der Waals surface area contributed by atoms with Crippen LogP contribution >= 0.6 is 0 Å². The number of nitrogens with one attached hydrogen (secondary N) is 2. The van der Waals surface area contributed by atoms with Crippen LogP contribution in [-0.2, 0) is 20.8 Å². The highest BCUT2D eigenvalue weighted by Crippen LogP contribution is 2.06. The predicted octanol–water partition coefficient (Wildman–Crippen LogP) is 0.468. The van der Waals surface area contributed by atoms with E-state index in [9.17, 15) is 9.59 Å². The van der Waals surface area contributed by atoms with Crippen molar-refractivity contribution < 1.29 is 19.1 Å². The summed E-state index contributed by atoms with van der Waals surface area (Å²) < 4.78 is 10.3. The van der Waals surface area contributed by atoms with Gasteiger partial charge in [0, 0.05) is 19.6 Å². The Morgan fingerprint density at radius 2 is 2.14 bits per heavy atom. The molecule has 1 amide bonds. The third kappa shape index (κ3) is 4.54. The molecular formula is C15H20N2O4. The Balaban J connectivity index is 1.83. The molecule has 0 radical (unpaired) electrons. The standard InChI is InChI=1S/C15H20N2O4/c1-2-20-15(19)12-5-3-11(4-6-12)9-17-14(18)13-10-16-7-8-21-13/h3-6,13,16H,2,7-10H2,1H3,(H,17,18). The lowest BCUT2D eigenvalue weighted by Gasteiger charge is -2.22. The second-order valence-electron chi connectivity index (χ2n) is 4.70. The molecule has 0 spiro atoms. The lowest BCUT2D eigenvalue weighted by Crippen LogP contribution is -2.47. The van der Waals surface area contributed by atoms with Crippen molar-refractivity contribution in [1.82, 2.24) is 10.6 Å². The van der Waals surface area contributed by atoms with Crippen LogP contribution in [0.25, 0.3) is 0 Å². The van der Waals surface area contributed by atoms with E-state index >= 15 is 0 Å². The number of ether oxygens (including phenoxy) is 2. The fourth-order valence-corrected chi connectivity index (χ4v) is 2.01. The molecule has 1 aromatic rings. The minimum Gasteiger partial charge on any atom is -0.462 e. The van der Waals surface area contributed by atoms with E-state index in [1.54, 1.807) is 31.2 Å². The van der Waals surface area contributed by atoms with Gasteiger partial charge in [-0.05, 0) is 24.6 Å². The maximum Gasteiger partial charge on any atom is 0.338 e. The van der Waals surface area contributed by atoms with Gasteiger partial charge in [0.15, 0.2) is 0 Å². The summed E-state index contributed by atoms with van der Waals surface area (Å²) in [6.07, 6.45) is -0.433. The zero-order chi connectivity index (χ0) is 15.1. The SMILES string of the molecule is CCOC(=O)c1ccc(CNC(=O)C2CNCCO2)cc1. The number of esters is 1. The van der Waals surface area contributed by atoms with Crippen LogP contribution in [0.3, 0.4) is 0 Å². The number of morpholine rings is 1. The molecule has 21 heavy (non-hydrogen) atoms. The number of hydrogen-bond acceptors (Lipinski definition) is 5. The van der Waals surface area contributed by atoms with Crippen LogP contribution in [0, 0.1) is 0 Å². The monoisotopic (exact) mass is 292 g/mol. The first kappa shape index (κ1) is 15.5. The summed E-state index contributed by atoms with van der Waals surface area (Å²) in [6.45, 7) is 4.39. The third-order valence-corrected chi connectivity index (χ3v) is 3.15. The van der Waals surface area contributed by atoms with E-state index in [-0.39, 0.29) is 11.9 Å². The van der Waals surface area contributed by atoms with Gasteiger partial charge in [0.25, 0.3) is 5.91 Å². The van der Waals surface area contributed by atoms with E-state index in [0.29, 0.717) is 31.9 Å². The lowest BCUT2D eigenvalue weighted by atomic mass is 10.1. The normalized spacial score (nSPS) is 18.0. The Labute approximate surface area is 123 Å². The van der Waals surface area contributed by atoms with Crippen LogP contribution in [-0.4, -0.2) is 44.3 Å². The van der Waals surface area contributed by atoms with Crippen LogP contribution in [0.5, 0.6) is 0 Å². The van der Waals surface area contributed by atoms with Crippen molar-refractivity contribution in [2.24, 2.45) is 0 Å². The second-order valence-corrected chi connectivity index (χ2v) is 4.70. The summed E-state index contributed by atoms with van der Waals surface area (Å²) in [7, 11) is 0. The summed E-state index contributed by atoms with van der Waals surface area (Å²) in [5, 5.41) is 5.93. The van der Waals surface area contributed by atoms with Crippen molar-refractivity contribution in [2.45, 2.75) is 19.6 Å². The summed E-state index contributed by atoms with van der Waals surface area (Å²) in [5.41, 5.74) is 1.42. The quantitative estimate of drug-likeness (QED) is 0.771. The Hall–Kier alpha value is -1.92. The number of carbonyl (C=O) groups excluding carboxylic acids is 2. The first-order valence-electron chi connectivity index (χ1n) is 7.07. The molecule has 6 heteroatoms. The van der Waals surface area contributed by atoms with Crippen molar-refractivity contribution in [1.29, 1.82) is 0 Å². The molecule has 1 heterocycles. The highest BCUT2D eigenvalue weighted by Gasteiger charge is 2.21. The molecule has 114 valence electrons. The Kier molecular flexibility index (Phi) is 5.71. The number of hydrogen-bond donors (Lipinski definition) is 2. The molecule has 2 N–H and O–H groups in total. The molecular weight excluding hydrogens is 272 g/mol. The van der Waals surface area contributed by atoms with Crippen LogP contribution in [0.15, 0.2) is 24.3 Å². The van der Waals surface area contributed by atoms with Gasteiger partial charge < -0.3 is 20.1 Å². The molecule has 0 bridgehead atoms. The van der Waals surface area contributed by atoms with Crippen LogP contribution in [0.4, 0.5) is 0 Å². The zero-order valence-corrected chi connectivity index (χ0v) is 12.1. The molecule has 1 aromatic carbocycles. The summed E-state index contributed by atoms with van der Waals surface area (Å²) in [5.74, 6) is -0.466. The highest BCUT2D eigenvalue weighted by molar-refractivity contribution is 5.89. The first-order chi connectivity index (χ1) is 10.2.